The van der Waals surface area contributed by atoms with E-state index in [9.17, 15) is 9.59 Å². The monoisotopic (exact) mass is 430 g/mol. The number of ether oxygens (including phenoxy) is 1. The number of rotatable bonds is 4. The molecule has 2 aromatic carbocycles. The number of nitrogens with one attached hydrogen (secondary N) is 1. The molecule has 1 aliphatic rings. The van der Waals surface area contributed by atoms with Crippen LogP contribution in [-0.4, -0.2) is 52.8 Å². The van der Waals surface area contributed by atoms with Crippen molar-refractivity contribution in [2.75, 3.05) is 43.1 Å². The van der Waals surface area contributed by atoms with E-state index >= 15 is 0 Å². The molecule has 0 unspecified atom stereocenters. The van der Waals surface area contributed by atoms with Gasteiger partial charge in [-0.3, -0.25) is 9.78 Å². The maximum absolute atomic E-state index is 12.9. The van der Waals surface area contributed by atoms with Crippen molar-refractivity contribution in [2.45, 2.75) is 0 Å². The minimum absolute atomic E-state index is 0.240. The molecular weight excluding hydrogens is 408 g/mol. The quantitative estimate of drug-likeness (QED) is 0.527. The number of aromatic nitrogens is 4. The largest absolute Gasteiger partial charge is 0.495 e. The minimum atomic E-state index is -0.528. The van der Waals surface area contributed by atoms with Gasteiger partial charge < -0.3 is 14.5 Å². The third kappa shape index (κ3) is 3.47. The molecule has 9 heteroatoms. The molecule has 1 saturated heterocycles. The van der Waals surface area contributed by atoms with Crippen LogP contribution in [0.3, 0.4) is 0 Å². The van der Waals surface area contributed by atoms with Crippen LogP contribution in [0.1, 0.15) is 0 Å². The zero-order chi connectivity index (χ0) is 22.1. The van der Waals surface area contributed by atoms with Gasteiger partial charge in [0, 0.05) is 32.4 Å². The lowest BCUT2D eigenvalue weighted by Gasteiger charge is -2.36. The first-order valence-corrected chi connectivity index (χ1v) is 10.4. The number of methoxy groups -OCH3 is 1. The second-order valence-corrected chi connectivity index (χ2v) is 7.48. The topological polar surface area (TPSA) is 96.4 Å². The molecule has 0 bridgehead atoms. The van der Waals surface area contributed by atoms with Crippen molar-refractivity contribution in [2.24, 2.45) is 0 Å². The van der Waals surface area contributed by atoms with E-state index in [1.165, 1.54) is 6.20 Å². The predicted octanol–water partition coefficient (Wildman–Crippen LogP) is 1.80. The number of benzene rings is 2. The third-order valence-corrected chi connectivity index (χ3v) is 5.64. The van der Waals surface area contributed by atoms with Crippen LogP contribution in [0.4, 0.5) is 11.6 Å². The highest BCUT2D eigenvalue weighted by Crippen LogP contribution is 2.28. The lowest BCUT2D eigenvalue weighted by Crippen LogP contribution is -2.47. The van der Waals surface area contributed by atoms with Crippen LogP contribution in [0.15, 0.2) is 70.4 Å². The molecule has 162 valence electrons. The summed E-state index contributed by atoms with van der Waals surface area (Å²) in [6.45, 7) is 2.95. The van der Waals surface area contributed by atoms with Gasteiger partial charge in [-0.25, -0.2) is 14.3 Å². The van der Waals surface area contributed by atoms with Gasteiger partial charge in [0.05, 0.1) is 18.5 Å². The number of piperazine rings is 1. The maximum atomic E-state index is 12.9. The fraction of sp³-hybridized carbons (Fsp3) is 0.217. The Morgan fingerprint density at radius 3 is 2.34 bits per heavy atom. The van der Waals surface area contributed by atoms with Gasteiger partial charge in [-0.2, -0.15) is 4.98 Å². The molecule has 2 aromatic heterocycles. The zero-order valence-corrected chi connectivity index (χ0v) is 17.6. The van der Waals surface area contributed by atoms with Crippen molar-refractivity contribution < 1.29 is 4.74 Å². The lowest BCUT2D eigenvalue weighted by molar-refractivity contribution is 0.413. The molecule has 1 aliphatic heterocycles. The number of hydrogen-bond acceptors (Lipinski definition) is 7. The van der Waals surface area contributed by atoms with E-state index in [2.05, 4.69) is 19.9 Å². The van der Waals surface area contributed by atoms with Crippen LogP contribution in [0, 0.1) is 0 Å². The van der Waals surface area contributed by atoms with Crippen LogP contribution >= 0.6 is 0 Å². The molecule has 0 spiro atoms. The summed E-state index contributed by atoms with van der Waals surface area (Å²) in [7, 11) is 1.67. The standard InChI is InChI=1S/C23H22N6O3/c1-32-19-10-6-5-9-18(19)27-11-13-28(14-12-27)22-24-15-17-20(25-22)26-23(31)29(21(17)30)16-7-3-2-4-8-16/h2-10,15H,11-14H2,1H3,(H,24,25,26,31). The number of fused-ring (bicyclic) bond motifs is 1. The fourth-order valence-electron chi connectivity index (χ4n) is 4.00. The molecule has 0 saturated carbocycles. The van der Waals surface area contributed by atoms with Gasteiger partial charge in [0.2, 0.25) is 5.95 Å². The Kier molecular flexibility index (Phi) is 5.06. The Bertz CT molecular complexity index is 1370. The van der Waals surface area contributed by atoms with Gasteiger partial charge in [-0.1, -0.05) is 30.3 Å². The number of H-pyrrole nitrogens is 1. The SMILES string of the molecule is COc1ccccc1N1CCN(c2ncc3c(=O)n(-c4ccccc4)c(=O)[nH]c3n2)CC1. The Morgan fingerprint density at radius 1 is 0.906 bits per heavy atom. The summed E-state index contributed by atoms with van der Waals surface area (Å²) in [5, 5.41) is 0.268. The van der Waals surface area contributed by atoms with Crippen molar-refractivity contribution in [3.05, 3.63) is 81.6 Å². The summed E-state index contributed by atoms with van der Waals surface area (Å²) in [6.07, 6.45) is 1.49. The zero-order valence-electron chi connectivity index (χ0n) is 17.6. The number of anilines is 2. The van der Waals surface area contributed by atoms with Gasteiger partial charge in [-0.15, -0.1) is 0 Å². The van der Waals surface area contributed by atoms with Crippen LogP contribution in [0.5, 0.6) is 5.75 Å². The molecule has 4 aromatic rings. The highest BCUT2D eigenvalue weighted by molar-refractivity contribution is 5.74. The lowest BCUT2D eigenvalue weighted by atomic mass is 10.2. The van der Waals surface area contributed by atoms with Crippen molar-refractivity contribution in [3.8, 4) is 11.4 Å². The highest BCUT2D eigenvalue weighted by atomic mass is 16.5. The van der Waals surface area contributed by atoms with Gasteiger partial charge in [0.25, 0.3) is 5.56 Å². The smallest absolute Gasteiger partial charge is 0.334 e. The molecular formula is C23H22N6O3. The first-order valence-electron chi connectivity index (χ1n) is 10.4. The van der Waals surface area contributed by atoms with Gasteiger partial charge in [0.15, 0.2) is 5.65 Å². The van der Waals surface area contributed by atoms with Gasteiger partial charge in [-0.05, 0) is 24.3 Å². The summed E-state index contributed by atoms with van der Waals surface area (Å²) < 4.78 is 6.57. The van der Waals surface area contributed by atoms with Crippen molar-refractivity contribution >= 4 is 22.7 Å². The molecule has 0 amide bonds. The van der Waals surface area contributed by atoms with Crippen molar-refractivity contribution in [1.29, 1.82) is 0 Å². The van der Waals surface area contributed by atoms with Crippen LogP contribution < -0.4 is 25.8 Å². The Morgan fingerprint density at radius 2 is 1.59 bits per heavy atom. The average molecular weight is 430 g/mol. The Balaban J connectivity index is 1.42. The van der Waals surface area contributed by atoms with Gasteiger partial charge in [0.1, 0.15) is 11.1 Å². The molecule has 3 heterocycles. The summed E-state index contributed by atoms with van der Waals surface area (Å²) in [5.41, 5.74) is 0.822. The molecule has 32 heavy (non-hydrogen) atoms. The number of aromatic amines is 1. The number of para-hydroxylation sites is 3. The molecule has 0 aliphatic carbocycles. The average Bonchev–Trinajstić information content (AvgIpc) is 2.84. The second kappa shape index (κ2) is 8.18. The first-order chi connectivity index (χ1) is 15.7. The minimum Gasteiger partial charge on any atom is -0.495 e. The molecule has 1 fully saturated rings. The third-order valence-electron chi connectivity index (χ3n) is 5.64. The normalized spacial score (nSPS) is 14.0. The van der Waals surface area contributed by atoms with E-state index in [1.807, 2.05) is 35.2 Å². The van der Waals surface area contributed by atoms with Crippen LogP contribution in [-0.2, 0) is 0 Å². The van der Waals surface area contributed by atoms with Crippen molar-refractivity contribution in [3.63, 3.8) is 0 Å². The molecule has 9 nitrogen and oxygen atoms in total. The van der Waals surface area contributed by atoms with E-state index in [4.69, 9.17) is 4.74 Å². The van der Waals surface area contributed by atoms with Crippen LogP contribution in [0.2, 0.25) is 0 Å². The summed E-state index contributed by atoms with van der Waals surface area (Å²) in [6, 6.07) is 16.7. The van der Waals surface area contributed by atoms with Gasteiger partial charge >= 0.3 is 5.69 Å². The predicted molar refractivity (Wildman–Crippen MR) is 123 cm³/mol. The van der Waals surface area contributed by atoms with E-state index in [1.54, 1.807) is 31.4 Å². The number of nitrogens with zero attached hydrogens (tertiary/aromatic N) is 5. The summed E-state index contributed by atoms with van der Waals surface area (Å²) in [5.74, 6) is 1.33. The van der Waals surface area contributed by atoms with E-state index < -0.39 is 11.2 Å². The Labute approximate surface area is 183 Å². The van der Waals surface area contributed by atoms with E-state index in [-0.39, 0.29) is 11.0 Å². The maximum Gasteiger partial charge on any atom is 0.334 e. The summed E-state index contributed by atoms with van der Waals surface area (Å²) in [4.78, 5) is 41.5. The second-order valence-electron chi connectivity index (χ2n) is 7.48. The summed E-state index contributed by atoms with van der Waals surface area (Å²) >= 11 is 0. The van der Waals surface area contributed by atoms with E-state index in [0.717, 1.165) is 29.1 Å². The number of hydrogen-bond donors (Lipinski definition) is 1. The fourth-order valence-corrected chi connectivity index (χ4v) is 4.00. The molecule has 1 N–H and O–H groups in total. The Hall–Kier alpha value is -4.14. The highest BCUT2D eigenvalue weighted by Gasteiger charge is 2.22. The molecule has 0 atom stereocenters. The van der Waals surface area contributed by atoms with Crippen molar-refractivity contribution in [1.82, 2.24) is 19.5 Å². The van der Waals surface area contributed by atoms with Crippen LogP contribution in [0.25, 0.3) is 16.7 Å². The first kappa shape index (κ1) is 19.8. The van der Waals surface area contributed by atoms with E-state index in [0.29, 0.717) is 24.7 Å². The molecule has 5 rings (SSSR count). The molecule has 0 radical (unpaired) electrons.